The topological polar surface area (TPSA) is 3.24 Å². The maximum Gasteiger partial charge on any atom is 0.0473 e. The summed E-state index contributed by atoms with van der Waals surface area (Å²) in [6, 6.07) is 85.0. The number of nitrogens with zero attached hydrogens (tertiary/aromatic N) is 1. The summed E-state index contributed by atoms with van der Waals surface area (Å²) >= 11 is 0. The number of anilines is 3. The lowest BCUT2D eigenvalue weighted by atomic mass is 9.82. The van der Waals surface area contributed by atoms with Crippen molar-refractivity contribution in [2.45, 2.75) is 20.8 Å². The summed E-state index contributed by atoms with van der Waals surface area (Å²) in [5.74, 6) is 0. The average molecular weight is 842 g/mol. The second kappa shape index (κ2) is 16.1. The Hall–Kier alpha value is -8.26. The van der Waals surface area contributed by atoms with E-state index in [9.17, 15) is 0 Å². The Balaban J connectivity index is 1.09. The number of para-hydroxylation sites is 1. The van der Waals surface area contributed by atoms with Crippen molar-refractivity contribution in [3.05, 3.63) is 247 Å². The van der Waals surface area contributed by atoms with Gasteiger partial charge in [0.1, 0.15) is 0 Å². The van der Waals surface area contributed by atoms with Gasteiger partial charge in [0.25, 0.3) is 0 Å². The molecule has 0 aromatic heterocycles. The molecule has 312 valence electrons. The van der Waals surface area contributed by atoms with Crippen LogP contribution in [0.5, 0.6) is 0 Å². The summed E-state index contributed by atoms with van der Waals surface area (Å²) in [6.45, 7) is 6.72. The van der Waals surface area contributed by atoms with Gasteiger partial charge in [0.05, 0.1) is 0 Å². The van der Waals surface area contributed by atoms with Crippen molar-refractivity contribution in [2.24, 2.45) is 0 Å². The van der Waals surface area contributed by atoms with Crippen LogP contribution in [0.4, 0.5) is 17.1 Å². The van der Waals surface area contributed by atoms with Crippen molar-refractivity contribution in [1.29, 1.82) is 0 Å². The Kier molecular flexibility index (Phi) is 9.58. The van der Waals surface area contributed by atoms with Crippen molar-refractivity contribution in [2.75, 3.05) is 4.90 Å². The molecule has 0 saturated heterocycles. The van der Waals surface area contributed by atoms with E-state index in [4.69, 9.17) is 0 Å². The minimum absolute atomic E-state index is 1.10. The second-order valence-corrected chi connectivity index (χ2v) is 17.7. The van der Waals surface area contributed by atoms with Gasteiger partial charge in [-0.05, 0) is 179 Å². The van der Waals surface area contributed by atoms with Gasteiger partial charge < -0.3 is 4.90 Å². The van der Waals surface area contributed by atoms with Crippen LogP contribution in [0.2, 0.25) is 0 Å². The van der Waals surface area contributed by atoms with E-state index in [0.717, 1.165) is 17.1 Å². The predicted molar refractivity (Wildman–Crippen MR) is 282 cm³/mol. The van der Waals surface area contributed by atoms with Crippen LogP contribution >= 0.6 is 0 Å². The second-order valence-electron chi connectivity index (χ2n) is 17.7. The molecule has 0 spiro atoms. The first-order chi connectivity index (χ1) is 32.5. The van der Waals surface area contributed by atoms with Crippen molar-refractivity contribution in [3.63, 3.8) is 0 Å². The van der Waals surface area contributed by atoms with Gasteiger partial charge in [-0.3, -0.25) is 0 Å². The Labute approximate surface area is 387 Å². The average Bonchev–Trinajstić information content (AvgIpc) is 3.68. The van der Waals surface area contributed by atoms with E-state index < -0.39 is 0 Å². The summed E-state index contributed by atoms with van der Waals surface area (Å²) in [7, 11) is 0. The van der Waals surface area contributed by atoms with E-state index in [1.807, 2.05) is 0 Å². The smallest absolute Gasteiger partial charge is 0.0473 e. The van der Waals surface area contributed by atoms with Crippen LogP contribution in [0, 0.1) is 20.8 Å². The van der Waals surface area contributed by atoms with Crippen LogP contribution in [-0.2, 0) is 0 Å². The quantitative estimate of drug-likeness (QED) is 0.147. The lowest BCUT2D eigenvalue weighted by molar-refractivity contribution is 1.28. The molecule has 66 heavy (non-hydrogen) atoms. The largest absolute Gasteiger partial charge is 0.310 e. The van der Waals surface area contributed by atoms with Gasteiger partial charge in [0.15, 0.2) is 0 Å². The maximum absolute atomic E-state index is 2.48. The summed E-state index contributed by atoms with van der Waals surface area (Å²) in [5, 5.41) is 5.13. The third kappa shape index (κ3) is 6.46. The lowest BCUT2D eigenvalue weighted by Crippen LogP contribution is -2.10. The molecule has 0 heterocycles. The highest BCUT2D eigenvalue weighted by atomic mass is 15.1. The number of fused-ring (bicyclic) bond motifs is 4. The number of hydrogen-bond acceptors (Lipinski definition) is 1. The summed E-state index contributed by atoms with van der Waals surface area (Å²) in [5.41, 5.74) is 24.7. The highest BCUT2D eigenvalue weighted by Gasteiger charge is 2.32. The zero-order valence-electron chi connectivity index (χ0n) is 37.4. The highest BCUT2D eigenvalue weighted by molar-refractivity contribution is 6.29. The van der Waals surface area contributed by atoms with Crippen molar-refractivity contribution >= 4 is 38.6 Å². The Morgan fingerprint density at radius 2 is 0.682 bits per heavy atom. The maximum atomic E-state index is 2.48. The molecule has 11 aromatic rings. The molecule has 0 radical (unpaired) electrons. The van der Waals surface area contributed by atoms with Crippen LogP contribution in [0.1, 0.15) is 16.7 Å². The first-order valence-electron chi connectivity index (χ1n) is 23.0. The molecule has 0 saturated carbocycles. The molecule has 1 aliphatic rings. The van der Waals surface area contributed by atoms with Crippen molar-refractivity contribution in [1.82, 2.24) is 0 Å². The third-order valence-electron chi connectivity index (χ3n) is 13.7. The first kappa shape index (κ1) is 39.3. The summed E-state index contributed by atoms with van der Waals surface area (Å²) in [4.78, 5) is 2.43. The fraction of sp³-hybridized carbons (Fsp3) is 0.0462. The molecular formula is C65H47N. The predicted octanol–water partition coefficient (Wildman–Crippen LogP) is 18.4. The molecule has 12 rings (SSSR count). The number of benzene rings is 11. The van der Waals surface area contributed by atoms with Crippen LogP contribution in [0.3, 0.4) is 0 Å². The van der Waals surface area contributed by atoms with E-state index in [-0.39, 0.29) is 0 Å². The van der Waals surface area contributed by atoms with Crippen molar-refractivity contribution < 1.29 is 0 Å². The number of hydrogen-bond donors (Lipinski definition) is 0. The Morgan fingerprint density at radius 1 is 0.242 bits per heavy atom. The normalized spacial score (nSPS) is 11.6. The van der Waals surface area contributed by atoms with Gasteiger partial charge in [0, 0.05) is 17.1 Å². The molecule has 0 amide bonds. The van der Waals surface area contributed by atoms with E-state index in [0.29, 0.717) is 0 Å². The van der Waals surface area contributed by atoms with Gasteiger partial charge >= 0.3 is 0 Å². The molecule has 1 nitrogen and oxygen atoms in total. The Bertz CT molecular complexity index is 3600. The number of rotatable bonds is 8. The van der Waals surface area contributed by atoms with Crippen LogP contribution in [0.15, 0.2) is 231 Å². The fourth-order valence-electron chi connectivity index (χ4n) is 10.9. The van der Waals surface area contributed by atoms with Crippen molar-refractivity contribution in [3.8, 4) is 77.9 Å². The minimum atomic E-state index is 1.10. The fourth-order valence-corrected chi connectivity index (χ4v) is 10.9. The van der Waals surface area contributed by atoms with E-state index >= 15 is 0 Å². The van der Waals surface area contributed by atoms with E-state index in [2.05, 4.69) is 256 Å². The highest BCUT2D eigenvalue weighted by Crippen LogP contribution is 2.59. The first-order valence-corrected chi connectivity index (χ1v) is 23.0. The molecule has 1 heteroatoms. The van der Waals surface area contributed by atoms with Gasteiger partial charge in [-0.25, -0.2) is 0 Å². The molecule has 0 N–H and O–H groups in total. The van der Waals surface area contributed by atoms with E-state index in [1.165, 1.54) is 116 Å². The molecular weight excluding hydrogens is 795 g/mol. The monoisotopic (exact) mass is 841 g/mol. The standard InChI is InChI=1S/C65H47N/c1-42-21-13-15-31-53(42)48-38-49(54-32-16-14-22-43(54)2)41-52(40-48)66(50-28-11-6-12-29-50)51-30-19-27-47(39-51)60-44(3)37-59-63-57(60)35-20-36-58(63)64-61(45-23-7-4-8-24-45)55-33-17-18-34-56(55)62(65(59)64)46-25-9-5-10-26-46/h4-41H,1-3H3. The summed E-state index contributed by atoms with van der Waals surface area (Å²) < 4.78 is 0. The minimum Gasteiger partial charge on any atom is -0.310 e. The molecule has 0 aliphatic heterocycles. The van der Waals surface area contributed by atoms with Crippen LogP contribution < -0.4 is 4.90 Å². The van der Waals surface area contributed by atoms with Gasteiger partial charge in [-0.15, -0.1) is 0 Å². The summed E-state index contributed by atoms with van der Waals surface area (Å²) in [6.07, 6.45) is 0. The van der Waals surface area contributed by atoms with Crippen LogP contribution in [-0.4, -0.2) is 0 Å². The van der Waals surface area contributed by atoms with E-state index in [1.54, 1.807) is 0 Å². The number of aryl methyl sites for hydroxylation is 3. The zero-order valence-corrected chi connectivity index (χ0v) is 37.4. The van der Waals surface area contributed by atoms with Gasteiger partial charge in [-0.2, -0.15) is 0 Å². The molecule has 0 unspecified atom stereocenters. The lowest BCUT2D eigenvalue weighted by Gasteiger charge is -2.28. The van der Waals surface area contributed by atoms with Gasteiger partial charge in [0.2, 0.25) is 0 Å². The van der Waals surface area contributed by atoms with Gasteiger partial charge in [-0.1, -0.05) is 188 Å². The Morgan fingerprint density at radius 3 is 1.27 bits per heavy atom. The van der Waals surface area contributed by atoms with Crippen LogP contribution in [0.25, 0.3) is 99.4 Å². The molecule has 1 aliphatic carbocycles. The molecule has 0 atom stereocenters. The third-order valence-corrected chi connectivity index (χ3v) is 13.7. The molecule has 0 bridgehead atoms. The molecule has 11 aromatic carbocycles. The SMILES string of the molecule is Cc1ccccc1-c1cc(-c2ccccc2C)cc(N(c2ccccc2)c2cccc(-c3c(C)cc4c5c(cccc35)-c3c-4c(-c4ccccc4)c4ccccc4c3-c3ccccc3)c2)c1. The zero-order chi connectivity index (χ0) is 44.3. The molecule has 0 fully saturated rings.